The highest BCUT2D eigenvalue weighted by Gasteiger charge is 2.34. The van der Waals surface area contributed by atoms with Crippen LogP contribution in [0.15, 0.2) is 29.8 Å². The van der Waals surface area contributed by atoms with Crippen LogP contribution in [0.4, 0.5) is 0 Å². The van der Waals surface area contributed by atoms with Crippen molar-refractivity contribution in [3.63, 3.8) is 0 Å². The van der Waals surface area contributed by atoms with Crippen molar-refractivity contribution < 1.29 is 14.7 Å². The first-order valence-electron chi connectivity index (χ1n) is 8.66. The zero-order valence-electron chi connectivity index (χ0n) is 14.6. The molecule has 0 bridgehead atoms. The molecule has 0 radical (unpaired) electrons. The number of likely N-dealkylation sites (N-methyl/N-ethyl adjacent to an activating group) is 1. The van der Waals surface area contributed by atoms with Crippen LogP contribution < -0.4 is 5.32 Å². The van der Waals surface area contributed by atoms with Crippen molar-refractivity contribution in [3.05, 3.63) is 35.5 Å². The first-order valence-corrected chi connectivity index (χ1v) is 9.54. The number of carbonyl (C=O) groups excluding carboxylic acids is 1. The molecule has 2 N–H and O–H groups in total. The zero-order chi connectivity index (χ0) is 18.5. The van der Waals surface area contributed by atoms with E-state index >= 15 is 0 Å². The lowest BCUT2D eigenvalue weighted by atomic mass is 9.85. The lowest BCUT2D eigenvalue weighted by molar-refractivity contribution is -0.139. The summed E-state index contributed by atoms with van der Waals surface area (Å²) in [6.07, 6.45) is 3.56. The quantitative estimate of drug-likeness (QED) is 0.732. The lowest BCUT2D eigenvalue weighted by Gasteiger charge is -2.42. The van der Waals surface area contributed by atoms with E-state index in [1.54, 1.807) is 6.20 Å². The number of rotatable bonds is 8. The van der Waals surface area contributed by atoms with E-state index in [2.05, 4.69) is 15.3 Å². The largest absolute Gasteiger partial charge is 0.480 e. The Labute approximate surface area is 156 Å². The van der Waals surface area contributed by atoms with Crippen LogP contribution in [-0.4, -0.2) is 57.0 Å². The van der Waals surface area contributed by atoms with E-state index in [0.29, 0.717) is 6.54 Å². The van der Waals surface area contributed by atoms with Crippen molar-refractivity contribution in [2.45, 2.75) is 38.3 Å². The van der Waals surface area contributed by atoms with E-state index < -0.39 is 5.97 Å². The molecule has 2 heterocycles. The van der Waals surface area contributed by atoms with E-state index in [-0.39, 0.29) is 31.0 Å². The Morgan fingerprint density at radius 3 is 2.85 bits per heavy atom. The molecule has 7 nitrogen and oxygen atoms in total. The van der Waals surface area contributed by atoms with Gasteiger partial charge in [-0.15, -0.1) is 11.3 Å². The summed E-state index contributed by atoms with van der Waals surface area (Å²) in [6, 6.07) is 6.01. The first kappa shape index (κ1) is 18.5. The molecule has 1 fully saturated rings. The molecular weight excluding hydrogens is 352 g/mol. The average molecular weight is 374 g/mol. The van der Waals surface area contributed by atoms with Gasteiger partial charge in [0.05, 0.1) is 24.4 Å². The number of hydrogen-bond donors (Lipinski definition) is 2. The van der Waals surface area contributed by atoms with Crippen molar-refractivity contribution in [1.82, 2.24) is 20.2 Å². The lowest BCUT2D eigenvalue weighted by Crippen LogP contribution is -2.55. The van der Waals surface area contributed by atoms with Gasteiger partial charge < -0.3 is 10.4 Å². The molecule has 138 valence electrons. The Kier molecular flexibility index (Phi) is 5.95. The van der Waals surface area contributed by atoms with Crippen LogP contribution in [0.25, 0.3) is 10.7 Å². The summed E-state index contributed by atoms with van der Waals surface area (Å²) in [7, 11) is 0. The summed E-state index contributed by atoms with van der Waals surface area (Å²) in [5.74, 6) is -0.862. The molecule has 1 aliphatic carbocycles. The van der Waals surface area contributed by atoms with Crippen LogP contribution in [0, 0.1) is 0 Å². The molecule has 8 heteroatoms. The Morgan fingerprint density at radius 1 is 1.38 bits per heavy atom. The predicted molar refractivity (Wildman–Crippen MR) is 98.9 cm³/mol. The molecule has 26 heavy (non-hydrogen) atoms. The van der Waals surface area contributed by atoms with Crippen LogP contribution in [0.2, 0.25) is 0 Å². The van der Waals surface area contributed by atoms with Gasteiger partial charge in [0.25, 0.3) is 0 Å². The van der Waals surface area contributed by atoms with Crippen molar-refractivity contribution >= 4 is 23.2 Å². The van der Waals surface area contributed by atoms with Gasteiger partial charge in [-0.3, -0.25) is 19.5 Å². The van der Waals surface area contributed by atoms with Crippen molar-refractivity contribution in [1.29, 1.82) is 0 Å². The third kappa shape index (κ3) is 4.64. The van der Waals surface area contributed by atoms with Crippen LogP contribution in [0.3, 0.4) is 0 Å². The summed E-state index contributed by atoms with van der Waals surface area (Å²) in [6.45, 7) is 2.71. The molecule has 1 amide bonds. The summed E-state index contributed by atoms with van der Waals surface area (Å²) in [5.41, 5.74) is 1.55. The maximum Gasteiger partial charge on any atom is 0.317 e. The van der Waals surface area contributed by atoms with Gasteiger partial charge in [-0.25, -0.2) is 4.98 Å². The monoisotopic (exact) mass is 374 g/mol. The molecule has 0 aromatic carbocycles. The van der Waals surface area contributed by atoms with Gasteiger partial charge in [-0.05, 0) is 31.5 Å². The molecule has 0 aliphatic heterocycles. The van der Waals surface area contributed by atoms with Gasteiger partial charge in [-0.2, -0.15) is 0 Å². The predicted octanol–water partition coefficient (Wildman–Crippen LogP) is 1.80. The molecule has 0 unspecified atom stereocenters. The van der Waals surface area contributed by atoms with E-state index in [1.807, 2.05) is 35.4 Å². The standard InChI is InChI=1S/C18H22N4O3S/c1-2-22(10-17(24)25)14-7-12(8-14)20-16(23)9-13-11-26-18(21-13)15-5-3-4-6-19-15/h3-6,11-12,14H,2,7-10H2,1H3,(H,20,23)(H,24,25). The van der Waals surface area contributed by atoms with E-state index in [0.717, 1.165) is 29.2 Å². The number of carbonyl (C=O) groups is 2. The van der Waals surface area contributed by atoms with Gasteiger partial charge in [0.15, 0.2) is 0 Å². The van der Waals surface area contributed by atoms with Gasteiger partial charge in [0, 0.05) is 23.7 Å². The fourth-order valence-corrected chi connectivity index (χ4v) is 3.91. The SMILES string of the molecule is CCN(CC(=O)O)C1CC(NC(=O)Cc2csc(-c3ccccn3)n2)C1. The number of hydrogen-bond acceptors (Lipinski definition) is 6. The fraction of sp³-hybridized carbons (Fsp3) is 0.444. The zero-order valence-corrected chi connectivity index (χ0v) is 15.4. The highest BCUT2D eigenvalue weighted by atomic mass is 32.1. The molecule has 0 saturated heterocycles. The third-order valence-electron chi connectivity index (χ3n) is 4.52. The van der Waals surface area contributed by atoms with E-state index in [4.69, 9.17) is 5.11 Å². The number of carboxylic acid groups (broad SMARTS) is 1. The van der Waals surface area contributed by atoms with Crippen molar-refractivity contribution in [2.24, 2.45) is 0 Å². The van der Waals surface area contributed by atoms with E-state index in [1.165, 1.54) is 11.3 Å². The number of aliphatic carboxylic acids is 1. The fourth-order valence-electron chi connectivity index (χ4n) is 3.11. The van der Waals surface area contributed by atoms with Crippen LogP contribution in [-0.2, 0) is 16.0 Å². The first-order chi connectivity index (χ1) is 12.5. The topological polar surface area (TPSA) is 95.4 Å². The highest BCUT2D eigenvalue weighted by molar-refractivity contribution is 7.13. The minimum absolute atomic E-state index is 0.0485. The van der Waals surface area contributed by atoms with Gasteiger partial charge in [0.2, 0.25) is 5.91 Å². The van der Waals surface area contributed by atoms with Crippen LogP contribution in [0.5, 0.6) is 0 Å². The molecule has 3 rings (SSSR count). The second kappa shape index (κ2) is 8.37. The Balaban J connectivity index is 1.46. The summed E-state index contributed by atoms with van der Waals surface area (Å²) < 4.78 is 0. The maximum atomic E-state index is 12.2. The third-order valence-corrected chi connectivity index (χ3v) is 5.43. The van der Waals surface area contributed by atoms with Crippen molar-refractivity contribution in [2.75, 3.05) is 13.1 Å². The number of aromatic nitrogens is 2. The van der Waals surface area contributed by atoms with Crippen LogP contribution >= 0.6 is 11.3 Å². The number of nitrogens with zero attached hydrogens (tertiary/aromatic N) is 3. The maximum absolute atomic E-state index is 12.2. The number of thiazole rings is 1. The van der Waals surface area contributed by atoms with Gasteiger partial charge in [0.1, 0.15) is 5.01 Å². The normalized spacial score (nSPS) is 19.2. The second-order valence-electron chi connectivity index (χ2n) is 6.38. The molecule has 2 aromatic rings. The minimum atomic E-state index is -0.813. The minimum Gasteiger partial charge on any atom is -0.480 e. The number of amides is 1. The average Bonchev–Trinajstić information content (AvgIpc) is 3.05. The van der Waals surface area contributed by atoms with Gasteiger partial charge in [-0.1, -0.05) is 13.0 Å². The summed E-state index contributed by atoms with van der Waals surface area (Å²) >= 11 is 1.48. The Morgan fingerprint density at radius 2 is 2.19 bits per heavy atom. The molecular formula is C18H22N4O3S. The van der Waals surface area contributed by atoms with Crippen LogP contribution in [0.1, 0.15) is 25.5 Å². The summed E-state index contributed by atoms with van der Waals surface area (Å²) in [4.78, 5) is 33.8. The number of nitrogens with one attached hydrogen (secondary N) is 1. The molecule has 1 aliphatic rings. The smallest absolute Gasteiger partial charge is 0.317 e. The Bertz CT molecular complexity index is 759. The number of carboxylic acids is 1. The van der Waals surface area contributed by atoms with E-state index in [9.17, 15) is 9.59 Å². The molecule has 2 aromatic heterocycles. The van der Waals surface area contributed by atoms with Gasteiger partial charge >= 0.3 is 5.97 Å². The molecule has 0 atom stereocenters. The van der Waals surface area contributed by atoms with Crippen molar-refractivity contribution in [3.8, 4) is 10.7 Å². The highest BCUT2D eigenvalue weighted by Crippen LogP contribution is 2.26. The summed E-state index contributed by atoms with van der Waals surface area (Å²) in [5, 5.41) is 14.6. The molecule has 1 saturated carbocycles. The molecule has 0 spiro atoms. The number of pyridine rings is 1. The Hall–Kier alpha value is -2.32. The second-order valence-corrected chi connectivity index (χ2v) is 7.24.